The van der Waals surface area contributed by atoms with E-state index >= 15 is 0 Å². The van der Waals surface area contributed by atoms with Gasteiger partial charge in [0, 0.05) is 13.1 Å². The lowest BCUT2D eigenvalue weighted by molar-refractivity contribution is 0.301. The lowest BCUT2D eigenvalue weighted by Crippen LogP contribution is -2.27. The maximum Gasteiger partial charge on any atom is 0.240 e. The second-order valence-corrected chi connectivity index (χ2v) is 7.69. The first-order chi connectivity index (χ1) is 9.87. The molecule has 2 rings (SSSR count). The van der Waals surface area contributed by atoms with E-state index in [0.717, 1.165) is 38.0 Å². The Kier molecular flexibility index (Phi) is 4.49. The second kappa shape index (κ2) is 5.85. The van der Waals surface area contributed by atoms with Crippen LogP contribution in [0.25, 0.3) is 0 Å². The van der Waals surface area contributed by atoms with Crippen molar-refractivity contribution in [2.45, 2.75) is 38.0 Å². The zero-order chi connectivity index (χ0) is 15.7. The molecule has 1 heterocycles. The summed E-state index contributed by atoms with van der Waals surface area (Å²) in [6.45, 7) is 6.30. The molecule has 6 heteroatoms. The summed E-state index contributed by atoms with van der Waals surface area (Å²) in [5.41, 5.74) is 7.85. The van der Waals surface area contributed by atoms with E-state index in [-0.39, 0.29) is 4.90 Å². The highest BCUT2D eigenvalue weighted by molar-refractivity contribution is 7.89. The molecule has 0 unspecified atom stereocenters. The number of anilines is 2. The Labute approximate surface area is 127 Å². The minimum absolute atomic E-state index is 0.264. The van der Waals surface area contributed by atoms with Crippen molar-refractivity contribution in [1.82, 2.24) is 4.72 Å². The first-order valence-corrected chi connectivity index (χ1v) is 8.94. The van der Waals surface area contributed by atoms with Gasteiger partial charge in [-0.2, -0.15) is 0 Å². The van der Waals surface area contributed by atoms with Gasteiger partial charge >= 0.3 is 0 Å². The molecule has 0 atom stereocenters. The smallest absolute Gasteiger partial charge is 0.240 e. The maximum atomic E-state index is 11.9. The molecule has 3 N–H and O–H groups in total. The summed E-state index contributed by atoms with van der Waals surface area (Å²) in [5, 5.41) is 0. The van der Waals surface area contributed by atoms with E-state index in [4.69, 9.17) is 5.73 Å². The van der Waals surface area contributed by atoms with Crippen LogP contribution in [-0.2, 0) is 10.0 Å². The molecule has 0 amide bonds. The van der Waals surface area contributed by atoms with Crippen LogP contribution in [0.5, 0.6) is 0 Å². The van der Waals surface area contributed by atoms with Crippen molar-refractivity contribution in [3.63, 3.8) is 0 Å². The molecule has 0 radical (unpaired) electrons. The molecule has 21 heavy (non-hydrogen) atoms. The highest BCUT2D eigenvalue weighted by atomic mass is 32.2. The van der Waals surface area contributed by atoms with Gasteiger partial charge in [-0.15, -0.1) is 0 Å². The molecule has 1 aliphatic heterocycles. The Morgan fingerprint density at radius 2 is 2.00 bits per heavy atom. The Morgan fingerprint density at radius 1 is 1.33 bits per heavy atom. The molecular formula is C15H25N3O2S. The summed E-state index contributed by atoms with van der Waals surface area (Å²) < 4.78 is 26.2. The summed E-state index contributed by atoms with van der Waals surface area (Å²) in [5.74, 6) is 0. The van der Waals surface area contributed by atoms with Crippen molar-refractivity contribution in [3.8, 4) is 0 Å². The molecule has 1 fully saturated rings. The van der Waals surface area contributed by atoms with Crippen LogP contribution in [0.2, 0.25) is 0 Å². The van der Waals surface area contributed by atoms with Gasteiger partial charge in [0.05, 0.1) is 16.3 Å². The lowest BCUT2D eigenvalue weighted by atomic mass is 9.82. The van der Waals surface area contributed by atoms with Gasteiger partial charge in [-0.05, 0) is 49.9 Å². The Hall–Kier alpha value is -1.27. The van der Waals surface area contributed by atoms with E-state index in [0.29, 0.717) is 11.1 Å². The summed E-state index contributed by atoms with van der Waals surface area (Å²) >= 11 is 0. The predicted octanol–water partition coefficient (Wildman–Crippen LogP) is 2.19. The van der Waals surface area contributed by atoms with Crippen molar-refractivity contribution in [2.24, 2.45) is 5.41 Å². The molecule has 1 aliphatic rings. The summed E-state index contributed by atoms with van der Waals surface area (Å²) in [6, 6.07) is 4.91. The second-order valence-electron chi connectivity index (χ2n) is 5.81. The molecule has 0 bridgehead atoms. The largest absolute Gasteiger partial charge is 0.397 e. The third-order valence-electron chi connectivity index (χ3n) is 4.86. The van der Waals surface area contributed by atoms with Gasteiger partial charge < -0.3 is 10.6 Å². The molecule has 0 aromatic heterocycles. The van der Waals surface area contributed by atoms with Gasteiger partial charge in [-0.3, -0.25) is 0 Å². The van der Waals surface area contributed by atoms with Crippen molar-refractivity contribution in [2.75, 3.05) is 30.8 Å². The highest BCUT2D eigenvalue weighted by Crippen LogP contribution is 2.40. The van der Waals surface area contributed by atoms with Crippen LogP contribution < -0.4 is 15.4 Å². The van der Waals surface area contributed by atoms with Gasteiger partial charge in [0.2, 0.25) is 10.0 Å². The van der Waals surface area contributed by atoms with Gasteiger partial charge in [0.15, 0.2) is 0 Å². The Balaban J connectivity index is 2.35. The van der Waals surface area contributed by atoms with E-state index in [1.165, 1.54) is 7.05 Å². The molecule has 0 aliphatic carbocycles. The molecule has 118 valence electrons. The molecule has 5 nitrogen and oxygen atoms in total. The first kappa shape index (κ1) is 16.1. The molecule has 1 saturated heterocycles. The number of hydrogen-bond acceptors (Lipinski definition) is 4. The average molecular weight is 311 g/mol. The minimum atomic E-state index is -3.44. The topological polar surface area (TPSA) is 75.4 Å². The summed E-state index contributed by atoms with van der Waals surface area (Å²) in [7, 11) is -2.02. The number of sulfonamides is 1. The van der Waals surface area contributed by atoms with Crippen LogP contribution in [0.1, 0.15) is 33.1 Å². The number of nitrogens with zero attached hydrogens (tertiary/aromatic N) is 1. The quantitative estimate of drug-likeness (QED) is 0.817. The number of hydrogen-bond donors (Lipinski definition) is 2. The lowest BCUT2D eigenvalue weighted by Gasteiger charge is -2.28. The number of benzene rings is 1. The number of nitrogens with one attached hydrogen (secondary N) is 1. The molecule has 0 saturated carbocycles. The fraction of sp³-hybridized carbons (Fsp3) is 0.600. The van der Waals surface area contributed by atoms with Crippen molar-refractivity contribution >= 4 is 21.4 Å². The van der Waals surface area contributed by atoms with E-state index in [2.05, 4.69) is 23.5 Å². The molecule has 1 aromatic carbocycles. The van der Waals surface area contributed by atoms with Crippen molar-refractivity contribution in [3.05, 3.63) is 18.2 Å². The van der Waals surface area contributed by atoms with E-state index in [1.807, 2.05) is 0 Å². The van der Waals surface area contributed by atoms with Crippen molar-refractivity contribution < 1.29 is 8.42 Å². The first-order valence-electron chi connectivity index (χ1n) is 7.45. The zero-order valence-corrected chi connectivity index (χ0v) is 13.8. The summed E-state index contributed by atoms with van der Waals surface area (Å²) in [6.07, 6.45) is 3.39. The normalized spacial score (nSPS) is 18.1. The van der Waals surface area contributed by atoms with Crippen LogP contribution >= 0.6 is 0 Å². The molecule has 0 spiro atoms. The monoisotopic (exact) mass is 311 g/mol. The third kappa shape index (κ3) is 3.01. The van der Waals surface area contributed by atoms with Crippen LogP contribution in [0.15, 0.2) is 23.1 Å². The number of nitrogens with two attached hydrogens (primary N) is 1. The van der Waals surface area contributed by atoms with Crippen LogP contribution in [0.4, 0.5) is 11.4 Å². The van der Waals surface area contributed by atoms with Crippen LogP contribution in [0.3, 0.4) is 0 Å². The highest BCUT2D eigenvalue weighted by Gasteiger charge is 2.35. The maximum absolute atomic E-state index is 11.9. The van der Waals surface area contributed by atoms with Gasteiger partial charge in [-0.25, -0.2) is 13.1 Å². The molecular weight excluding hydrogens is 286 g/mol. The van der Waals surface area contributed by atoms with Crippen LogP contribution in [-0.4, -0.2) is 28.6 Å². The molecule has 1 aromatic rings. The fourth-order valence-electron chi connectivity index (χ4n) is 3.05. The SMILES string of the molecule is CCC1(CC)CCN(c2cc(S(=O)(=O)NC)ccc2N)C1. The minimum Gasteiger partial charge on any atom is -0.397 e. The number of nitrogen functional groups attached to an aromatic ring is 1. The Bertz CT molecular complexity index is 609. The van der Waals surface area contributed by atoms with Crippen LogP contribution in [0, 0.1) is 5.41 Å². The fourth-order valence-corrected chi connectivity index (χ4v) is 3.80. The average Bonchev–Trinajstić information content (AvgIpc) is 2.92. The van der Waals surface area contributed by atoms with Gasteiger partial charge in [0.25, 0.3) is 0 Å². The predicted molar refractivity (Wildman–Crippen MR) is 86.9 cm³/mol. The number of rotatable bonds is 5. The third-order valence-corrected chi connectivity index (χ3v) is 6.27. The summed E-state index contributed by atoms with van der Waals surface area (Å²) in [4.78, 5) is 2.48. The zero-order valence-electron chi connectivity index (χ0n) is 13.0. The van der Waals surface area contributed by atoms with E-state index < -0.39 is 10.0 Å². The standard InChI is InChI=1S/C15H25N3O2S/c1-4-15(5-2)8-9-18(11-15)14-10-12(6-7-13(14)16)21(19,20)17-3/h6-7,10,17H,4-5,8-9,11,16H2,1-3H3. The van der Waals surface area contributed by atoms with Gasteiger partial charge in [0.1, 0.15) is 0 Å². The van der Waals surface area contributed by atoms with Gasteiger partial charge in [-0.1, -0.05) is 13.8 Å². The van der Waals surface area contributed by atoms with E-state index in [1.54, 1.807) is 18.2 Å². The van der Waals surface area contributed by atoms with E-state index in [9.17, 15) is 8.42 Å². The Morgan fingerprint density at radius 3 is 2.52 bits per heavy atom. The van der Waals surface area contributed by atoms with Crippen molar-refractivity contribution in [1.29, 1.82) is 0 Å².